The van der Waals surface area contributed by atoms with Crippen LogP contribution >= 0.6 is 0 Å². The van der Waals surface area contributed by atoms with Crippen molar-refractivity contribution in [2.45, 2.75) is 25.8 Å². The second-order valence-electron chi connectivity index (χ2n) is 5.34. The van der Waals surface area contributed by atoms with Crippen LogP contribution in [0, 0.1) is 0 Å². The van der Waals surface area contributed by atoms with Crippen LogP contribution in [0.5, 0.6) is 0 Å². The number of aryl methyl sites for hydroxylation is 2. The second-order valence-corrected chi connectivity index (χ2v) is 5.34. The van der Waals surface area contributed by atoms with E-state index in [1.165, 1.54) is 17.0 Å². The lowest BCUT2D eigenvalue weighted by Crippen LogP contribution is -2.27. The lowest BCUT2D eigenvalue weighted by Gasteiger charge is -2.12. The smallest absolute Gasteiger partial charge is 0.303 e. The molecule has 0 atom stereocenters. The van der Waals surface area contributed by atoms with Crippen molar-refractivity contribution in [3.63, 3.8) is 0 Å². The van der Waals surface area contributed by atoms with E-state index in [2.05, 4.69) is 15.0 Å². The van der Waals surface area contributed by atoms with Crippen molar-refractivity contribution in [3.05, 3.63) is 64.5 Å². The summed E-state index contributed by atoms with van der Waals surface area (Å²) in [5.74, 6) is -0.510. The number of carboxylic acid groups (broad SMARTS) is 1. The first-order valence-electron chi connectivity index (χ1n) is 7.61. The molecule has 0 spiro atoms. The van der Waals surface area contributed by atoms with E-state index in [4.69, 9.17) is 5.11 Å². The van der Waals surface area contributed by atoms with Crippen LogP contribution in [-0.2, 0) is 24.2 Å². The number of carbonyl (C=O) groups is 1. The average molecular weight is 324 g/mol. The molecule has 0 amide bonds. The van der Waals surface area contributed by atoms with Gasteiger partial charge in [0.25, 0.3) is 5.56 Å². The van der Waals surface area contributed by atoms with Gasteiger partial charge in [-0.15, -0.1) is 0 Å². The molecule has 2 aromatic heterocycles. The van der Waals surface area contributed by atoms with Crippen molar-refractivity contribution in [3.8, 4) is 0 Å². The molecule has 7 heteroatoms. The highest BCUT2D eigenvalue weighted by Crippen LogP contribution is 2.07. The Labute approximate surface area is 137 Å². The number of fused-ring (bicyclic) bond motifs is 1. The molecule has 7 nitrogen and oxygen atoms in total. The Morgan fingerprint density at radius 1 is 1.08 bits per heavy atom. The fourth-order valence-corrected chi connectivity index (χ4v) is 2.52. The van der Waals surface area contributed by atoms with Crippen LogP contribution in [0.25, 0.3) is 11.2 Å². The first-order valence-corrected chi connectivity index (χ1v) is 7.61. The van der Waals surface area contributed by atoms with Crippen molar-refractivity contribution < 1.29 is 9.90 Å². The summed E-state index contributed by atoms with van der Waals surface area (Å²) >= 11 is 0. The second kappa shape index (κ2) is 6.99. The molecule has 0 aliphatic carbocycles. The molecular weight excluding hydrogens is 308 g/mol. The Hall–Kier alpha value is -3.09. The molecule has 0 aliphatic rings. The Morgan fingerprint density at radius 3 is 2.58 bits per heavy atom. The molecule has 2 heterocycles. The van der Waals surface area contributed by atoms with Crippen LogP contribution in [0.15, 0.2) is 47.5 Å². The number of rotatable bonds is 6. The molecule has 0 unspecified atom stereocenters. The maximum atomic E-state index is 12.7. The number of carboxylic acids is 1. The third-order valence-corrected chi connectivity index (χ3v) is 3.70. The van der Waals surface area contributed by atoms with Crippen LogP contribution in [-0.4, -0.2) is 30.6 Å². The Bertz CT molecular complexity index is 922. The van der Waals surface area contributed by atoms with Crippen LogP contribution in [0.3, 0.4) is 0 Å². The van der Waals surface area contributed by atoms with Gasteiger partial charge >= 0.3 is 5.97 Å². The molecule has 0 saturated heterocycles. The molecule has 3 aromatic rings. The number of hydrogen-bond donors (Lipinski definition) is 1. The van der Waals surface area contributed by atoms with Crippen molar-refractivity contribution in [2.24, 2.45) is 0 Å². The lowest BCUT2D eigenvalue weighted by atomic mass is 10.1. The summed E-state index contributed by atoms with van der Waals surface area (Å²) in [6, 6.07) is 9.77. The summed E-state index contributed by atoms with van der Waals surface area (Å²) in [7, 11) is 0. The van der Waals surface area contributed by atoms with Crippen LogP contribution in [0.2, 0.25) is 0 Å². The van der Waals surface area contributed by atoms with Gasteiger partial charge in [-0.3, -0.25) is 14.2 Å². The van der Waals surface area contributed by atoms with Gasteiger partial charge in [0.15, 0.2) is 11.2 Å². The molecule has 0 aliphatic heterocycles. The summed E-state index contributed by atoms with van der Waals surface area (Å²) in [5, 5.41) is 8.91. The SMILES string of the molecule is O=C(O)CCc1nc2nccnc2c(=O)n1CCc1ccccc1. The molecule has 0 fully saturated rings. The van der Waals surface area contributed by atoms with Gasteiger partial charge in [0, 0.05) is 25.4 Å². The Kier molecular flexibility index (Phi) is 4.60. The van der Waals surface area contributed by atoms with E-state index < -0.39 is 5.97 Å². The van der Waals surface area contributed by atoms with Gasteiger partial charge in [-0.25, -0.2) is 15.0 Å². The first-order chi connectivity index (χ1) is 11.6. The normalized spacial score (nSPS) is 10.8. The summed E-state index contributed by atoms with van der Waals surface area (Å²) in [5.41, 5.74) is 1.25. The molecule has 0 bridgehead atoms. The van der Waals surface area contributed by atoms with Gasteiger partial charge < -0.3 is 5.11 Å². The van der Waals surface area contributed by atoms with Crippen molar-refractivity contribution in [1.82, 2.24) is 19.5 Å². The zero-order valence-corrected chi connectivity index (χ0v) is 12.9. The van der Waals surface area contributed by atoms with E-state index in [0.29, 0.717) is 18.8 Å². The van der Waals surface area contributed by atoms with Crippen molar-refractivity contribution in [1.29, 1.82) is 0 Å². The minimum atomic E-state index is -0.932. The van der Waals surface area contributed by atoms with Crippen molar-refractivity contribution >= 4 is 17.1 Å². The van der Waals surface area contributed by atoms with Crippen LogP contribution in [0.1, 0.15) is 17.8 Å². The molecular formula is C17H16N4O3. The molecule has 3 rings (SSSR count). The molecule has 1 aromatic carbocycles. The highest BCUT2D eigenvalue weighted by molar-refractivity contribution is 5.68. The van der Waals surface area contributed by atoms with E-state index in [1.54, 1.807) is 0 Å². The molecule has 0 radical (unpaired) electrons. The fourth-order valence-electron chi connectivity index (χ4n) is 2.52. The summed E-state index contributed by atoms with van der Waals surface area (Å²) in [6.45, 7) is 0.414. The maximum absolute atomic E-state index is 12.7. The minimum Gasteiger partial charge on any atom is -0.481 e. The first kappa shape index (κ1) is 15.8. The van der Waals surface area contributed by atoms with Gasteiger partial charge in [0.1, 0.15) is 5.82 Å². The zero-order valence-electron chi connectivity index (χ0n) is 12.9. The quantitative estimate of drug-likeness (QED) is 0.737. The van der Waals surface area contributed by atoms with Gasteiger partial charge in [-0.1, -0.05) is 30.3 Å². The summed E-state index contributed by atoms with van der Waals surface area (Å²) in [6.07, 6.45) is 3.64. The molecule has 24 heavy (non-hydrogen) atoms. The van der Waals surface area contributed by atoms with Crippen LogP contribution in [0.4, 0.5) is 0 Å². The van der Waals surface area contributed by atoms with Gasteiger partial charge in [0.2, 0.25) is 0 Å². The maximum Gasteiger partial charge on any atom is 0.303 e. The third kappa shape index (κ3) is 3.45. The lowest BCUT2D eigenvalue weighted by molar-refractivity contribution is -0.137. The van der Waals surface area contributed by atoms with Gasteiger partial charge in [-0.2, -0.15) is 0 Å². The Morgan fingerprint density at radius 2 is 1.83 bits per heavy atom. The highest BCUT2D eigenvalue weighted by Gasteiger charge is 2.13. The number of nitrogens with zero attached hydrogens (tertiary/aromatic N) is 4. The molecule has 0 saturated carbocycles. The standard InChI is InChI=1S/C17H16N4O3/c22-14(23)7-6-13-20-16-15(18-9-10-19-16)17(24)21(13)11-8-12-4-2-1-3-5-12/h1-5,9-10H,6-8,11H2,(H,22,23). The van der Waals surface area contributed by atoms with E-state index >= 15 is 0 Å². The Balaban J connectivity index is 1.98. The topological polar surface area (TPSA) is 98.0 Å². The highest BCUT2D eigenvalue weighted by atomic mass is 16.4. The number of benzene rings is 1. The van der Waals surface area contributed by atoms with Crippen molar-refractivity contribution in [2.75, 3.05) is 0 Å². The third-order valence-electron chi connectivity index (χ3n) is 3.70. The number of aliphatic carboxylic acids is 1. The zero-order chi connectivity index (χ0) is 16.9. The average Bonchev–Trinajstić information content (AvgIpc) is 2.60. The predicted molar refractivity (Wildman–Crippen MR) is 87.7 cm³/mol. The predicted octanol–water partition coefficient (Wildman–Crippen LogP) is 1.45. The van der Waals surface area contributed by atoms with E-state index in [1.807, 2.05) is 30.3 Å². The summed E-state index contributed by atoms with van der Waals surface area (Å²) < 4.78 is 1.51. The van der Waals surface area contributed by atoms with Gasteiger partial charge in [0.05, 0.1) is 6.42 Å². The van der Waals surface area contributed by atoms with Gasteiger partial charge in [-0.05, 0) is 12.0 Å². The molecule has 122 valence electrons. The van der Waals surface area contributed by atoms with E-state index in [0.717, 1.165) is 5.56 Å². The molecule has 1 N–H and O–H groups in total. The fraction of sp³-hybridized carbons (Fsp3) is 0.235. The number of aromatic nitrogens is 4. The number of hydrogen-bond acceptors (Lipinski definition) is 5. The monoisotopic (exact) mass is 324 g/mol. The minimum absolute atomic E-state index is 0.0937. The van der Waals surface area contributed by atoms with E-state index in [-0.39, 0.29) is 29.6 Å². The van der Waals surface area contributed by atoms with E-state index in [9.17, 15) is 9.59 Å². The largest absolute Gasteiger partial charge is 0.481 e. The summed E-state index contributed by atoms with van der Waals surface area (Å²) in [4.78, 5) is 36.0. The van der Waals surface area contributed by atoms with Crippen LogP contribution < -0.4 is 5.56 Å².